The van der Waals surface area contributed by atoms with Gasteiger partial charge in [-0.05, 0) is 12.5 Å². The lowest BCUT2D eigenvalue weighted by molar-refractivity contribution is -0.166. The number of carbonyl (C=O) groups is 2. The molecule has 1 aliphatic heterocycles. The summed E-state index contributed by atoms with van der Waals surface area (Å²) in [4.78, 5) is 23.4. The van der Waals surface area contributed by atoms with Gasteiger partial charge in [-0.1, -0.05) is 6.08 Å². The van der Waals surface area contributed by atoms with Gasteiger partial charge in [0.15, 0.2) is 0 Å². The predicted octanol–water partition coefficient (Wildman–Crippen LogP) is 1.19. The maximum absolute atomic E-state index is 12.8. The second-order valence-electron chi connectivity index (χ2n) is 5.75. The van der Waals surface area contributed by atoms with E-state index >= 15 is 0 Å². The van der Waals surface area contributed by atoms with Gasteiger partial charge in [-0.3, -0.25) is 9.59 Å². The summed E-state index contributed by atoms with van der Waals surface area (Å²) in [6, 6.07) is -0.107. The van der Waals surface area contributed by atoms with Crippen LogP contribution in [-0.2, 0) is 9.59 Å². The lowest BCUT2D eigenvalue weighted by Crippen LogP contribution is -2.58. The standard InChI is InChI=1S/C14H15F6N3O2/c15-13(16,17)8-1-7(2-9(3-8)14(18,19)20)12(25)22-6-11(24)23-10-4-21-5-10/h1-2,8,10,21H,3-6H2,(H,22,25)(H,23,24). The third-order valence-corrected chi connectivity index (χ3v) is 3.75. The molecule has 0 radical (unpaired) electrons. The van der Waals surface area contributed by atoms with Crippen molar-refractivity contribution in [2.75, 3.05) is 19.6 Å². The first-order valence-electron chi connectivity index (χ1n) is 7.31. The predicted molar refractivity (Wildman–Crippen MR) is 74.2 cm³/mol. The van der Waals surface area contributed by atoms with Crippen molar-refractivity contribution in [2.24, 2.45) is 5.92 Å². The van der Waals surface area contributed by atoms with Gasteiger partial charge in [-0.2, -0.15) is 26.3 Å². The van der Waals surface area contributed by atoms with Crippen molar-refractivity contribution in [3.05, 3.63) is 23.3 Å². The summed E-state index contributed by atoms with van der Waals surface area (Å²) in [5, 5.41) is 7.45. The molecule has 25 heavy (non-hydrogen) atoms. The van der Waals surface area contributed by atoms with Crippen LogP contribution in [0.5, 0.6) is 0 Å². The van der Waals surface area contributed by atoms with Gasteiger partial charge in [-0.25, -0.2) is 0 Å². The lowest BCUT2D eigenvalue weighted by Gasteiger charge is -2.28. The Morgan fingerprint density at radius 2 is 1.80 bits per heavy atom. The van der Waals surface area contributed by atoms with Gasteiger partial charge in [0.05, 0.1) is 18.5 Å². The van der Waals surface area contributed by atoms with Gasteiger partial charge in [0, 0.05) is 24.2 Å². The topological polar surface area (TPSA) is 70.2 Å². The van der Waals surface area contributed by atoms with Crippen molar-refractivity contribution in [1.29, 1.82) is 0 Å². The molecule has 140 valence electrons. The number of allylic oxidation sites excluding steroid dienone is 2. The summed E-state index contributed by atoms with van der Waals surface area (Å²) in [7, 11) is 0. The van der Waals surface area contributed by atoms with Gasteiger partial charge < -0.3 is 16.0 Å². The summed E-state index contributed by atoms with van der Waals surface area (Å²) < 4.78 is 76.7. The Morgan fingerprint density at radius 1 is 1.16 bits per heavy atom. The van der Waals surface area contributed by atoms with Crippen molar-refractivity contribution in [3.8, 4) is 0 Å². The second kappa shape index (κ2) is 7.06. The molecule has 1 atom stereocenters. The molecular formula is C14H15F6N3O2. The average Bonchev–Trinajstić information content (AvgIpc) is 2.46. The van der Waals surface area contributed by atoms with Crippen LogP contribution < -0.4 is 16.0 Å². The maximum Gasteiger partial charge on any atom is 0.412 e. The number of rotatable bonds is 4. The van der Waals surface area contributed by atoms with Crippen LogP contribution in [-0.4, -0.2) is 49.8 Å². The Bertz CT molecular complexity index is 605. The zero-order chi connectivity index (χ0) is 18.8. The molecule has 1 saturated heterocycles. The first-order valence-corrected chi connectivity index (χ1v) is 7.31. The minimum atomic E-state index is -4.97. The third kappa shape index (κ3) is 5.21. The molecule has 0 bridgehead atoms. The highest BCUT2D eigenvalue weighted by Gasteiger charge is 2.45. The molecule has 2 amide bonds. The molecule has 11 heteroatoms. The van der Waals surface area contributed by atoms with Crippen molar-refractivity contribution < 1.29 is 35.9 Å². The maximum atomic E-state index is 12.8. The number of hydrogen-bond donors (Lipinski definition) is 3. The highest BCUT2D eigenvalue weighted by Crippen LogP contribution is 2.41. The summed E-state index contributed by atoms with van der Waals surface area (Å²) in [6.07, 6.45) is -10.3. The first kappa shape index (κ1) is 19.3. The SMILES string of the molecule is O=C(CNC(=O)C1=CC(C(F)(F)F)CC(C(F)(F)F)=C1)NC1CNC1. The van der Waals surface area contributed by atoms with Gasteiger partial charge in [-0.15, -0.1) is 0 Å². The number of hydrogen-bond acceptors (Lipinski definition) is 3. The molecule has 2 rings (SSSR count). The van der Waals surface area contributed by atoms with E-state index in [-0.39, 0.29) is 6.04 Å². The Morgan fingerprint density at radius 3 is 2.28 bits per heavy atom. The summed E-state index contributed by atoms with van der Waals surface area (Å²) >= 11 is 0. The fourth-order valence-electron chi connectivity index (χ4n) is 2.29. The van der Waals surface area contributed by atoms with Gasteiger partial charge in [0.2, 0.25) is 5.91 Å². The zero-order valence-corrected chi connectivity index (χ0v) is 12.7. The van der Waals surface area contributed by atoms with Gasteiger partial charge in [0.1, 0.15) is 0 Å². The van der Waals surface area contributed by atoms with Crippen LogP contribution in [0.4, 0.5) is 26.3 Å². The van der Waals surface area contributed by atoms with Crippen LogP contribution in [0.25, 0.3) is 0 Å². The van der Waals surface area contributed by atoms with Crippen LogP contribution in [0, 0.1) is 5.92 Å². The molecule has 0 aromatic heterocycles. The van der Waals surface area contributed by atoms with Crippen LogP contribution in [0.3, 0.4) is 0 Å². The molecule has 1 aliphatic carbocycles. The Balaban J connectivity index is 2.04. The minimum Gasteiger partial charge on any atom is -0.349 e. The molecule has 0 aromatic rings. The fraction of sp³-hybridized carbons (Fsp3) is 0.571. The van der Waals surface area contributed by atoms with E-state index in [4.69, 9.17) is 0 Å². The van der Waals surface area contributed by atoms with E-state index in [0.29, 0.717) is 25.2 Å². The monoisotopic (exact) mass is 371 g/mol. The molecule has 0 spiro atoms. The summed E-state index contributed by atoms with van der Waals surface area (Å²) in [5.74, 6) is -4.16. The number of halogens is 6. The normalized spacial score (nSPS) is 21.8. The number of alkyl halides is 6. The Labute approximate surface area is 138 Å². The van der Waals surface area contributed by atoms with Crippen LogP contribution in [0.2, 0.25) is 0 Å². The van der Waals surface area contributed by atoms with Crippen LogP contribution >= 0.6 is 0 Å². The van der Waals surface area contributed by atoms with Gasteiger partial charge >= 0.3 is 12.4 Å². The average molecular weight is 371 g/mol. The smallest absolute Gasteiger partial charge is 0.349 e. The lowest BCUT2D eigenvalue weighted by atomic mass is 9.89. The van der Waals surface area contributed by atoms with E-state index in [1.807, 2.05) is 5.32 Å². The van der Waals surface area contributed by atoms with Crippen molar-refractivity contribution >= 4 is 11.8 Å². The van der Waals surface area contributed by atoms with Crippen LogP contribution in [0.15, 0.2) is 23.3 Å². The molecule has 1 unspecified atom stereocenters. The molecule has 0 aromatic carbocycles. The summed E-state index contributed by atoms with van der Waals surface area (Å²) in [6.45, 7) is 0.560. The minimum absolute atomic E-state index is 0.107. The molecule has 1 fully saturated rings. The van der Waals surface area contributed by atoms with E-state index in [1.54, 1.807) is 0 Å². The molecular weight excluding hydrogens is 356 g/mol. The zero-order valence-electron chi connectivity index (χ0n) is 12.7. The van der Waals surface area contributed by atoms with Crippen molar-refractivity contribution in [3.63, 3.8) is 0 Å². The van der Waals surface area contributed by atoms with Gasteiger partial charge in [0.25, 0.3) is 5.91 Å². The summed E-state index contributed by atoms with van der Waals surface area (Å²) in [5.41, 5.74) is -2.20. The number of amides is 2. The largest absolute Gasteiger partial charge is 0.412 e. The Kier molecular flexibility index (Phi) is 5.45. The number of carbonyl (C=O) groups excluding carboxylic acids is 2. The molecule has 1 heterocycles. The van der Waals surface area contributed by atoms with E-state index in [9.17, 15) is 35.9 Å². The molecule has 3 N–H and O–H groups in total. The molecule has 2 aliphatic rings. The highest BCUT2D eigenvalue weighted by atomic mass is 19.4. The number of nitrogens with one attached hydrogen (secondary N) is 3. The fourth-order valence-corrected chi connectivity index (χ4v) is 2.29. The van der Waals surface area contributed by atoms with E-state index in [0.717, 1.165) is 0 Å². The van der Waals surface area contributed by atoms with Crippen molar-refractivity contribution in [2.45, 2.75) is 24.8 Å². The van der Waals surface area contributed by atoms with Crippen molar-refractivity contribution in [1.82, 2.24) is 16.0 Å². The third-order valence-electron chi connectivity index (χ3n) is 3.75. The first-order chi connectivity index (χ1) is 11.5. The highest BCUT2D eigenvalue weighted by molar-refractivity contribution is 5.98. The molecule has 0 saturated carbocycles. The van der Waals surface area contributed by atoms with E-state index in [1.165, 1.54) is 0 Å². The molecule has 5 nitrogen and oxygen atoms in total. The van der Waals surface area contributed by atoms with E-state index in [2.05, 4.69) is 10.6 Å². The Hall–Kier alpha value is -2.04. The quantitative estimate of drug-likeness (QED) is 0.651. The van der Waals surface area contributed by atoms with Crippen LogP contribution in [0.1, 0.15) is 6.42 Å². The van der Waals surface area contributed by atoms with E-state index < -0.39 is 54.2 Å². The second-order valence-corrected chi connectivity index (χ2v) is 5.75.